The first kappa shape index (κ1) is 22.1. The average Bonchev–Trinajstić information content (AvgIpc) is 2.94. The van der Waals surface area contributed by atoms with E-state index in [-0.39, 0.29) is 17.9 Å². The van der Waals surface area contributed by atoms with Crippen molar-refractivity contribution in [1.29, 1.82) is 0 Å². The minimum atomic E-state index is -0.445. The van der Waals surface area contributed by atoms with Crippen LogP contribution in [-0.4, -0.2) is 33.6 Å². The molecule has 152 valence electrons. The van der Waals surface area contributed by atoms with Crippen LogP contribution in [0.4, 0.5) is 0 Å². The minimum Gasteiger partial charge on any atom is -0.393 e. The molecule has 0 bridgehead atoms. The third kappa shape index (κ3) is 7.77. The maximum atomic E-state index is 10.4. The van der Waals surface area contributed by atoms with E-state index in [1.165, 1.54) is 24.8 Å². The summed E-state index contributed by atoms with van der Waals surface area (Å²) < 4.78 is 0. The average molecular weight is 375 g/mol. The Morgan fingerprint density at radius 1 is 1.00 bits per heavy atom. The Kier molecular flexibility index (Phi) is 10.1. The van der Waals surface area contributed by atoms with Crippen LogP contribution in [0, 0.1) is 11.8 Å². The number of unbranched alkanes of at least 4 members (excludes halogenated alkanes) is 3. The molecule has 1 aliphatic carbocycles. The van der Waals surface area contributed by atoms with E-state index >= 15 is 0 Å². The summed E-state index contributed by atoms with van der Waals surface area (Å²) in [4.78, 5) is 0. The predicted octanol–water partition coefficient (Wildman–Crippen LogP) is 4.64. The number of aryl methyl sites for hydroxylation is 1. The topological polar surface area (TPSA) is 60.7 Å². The van der Waals surface area contributed by atoms with Crippen LogP contribution in [0.1, 0.15) is 70.3 Å². The molecule has 1 fully saturated rings. The van der Waals surface area contributed by atoms with Crippen LogP contribution in [0.3, 0.4) is 0 Å². The Bertz CT molecular complexity index is 528. The number of hydrogen-bond donors (Lipinski definition) is 3. The van der Waals surface area contributed by atoms with Gasteiger partial charge in [0, 0.05) is 0 Å². The van der Waals surface area contributed by atoms with Gasteiger partial charge in [-0.25, -0.2) is 0 Å². The van der Waals surface area contributed by atoms with Crippen LogP contribution in [0.15, 0.2) is 42.5 Å². The molecule has 0 saturated heterocycles. The van der Waals surface area contributed by atoms with E-state index in [0.29, 0.717) is 12.8 Å². The highest BCUT2D eigenvalue weighted by molar-refractivity contribution is 5.14. The van der Waals surface area contributed by atoms with Crippen LogP contribution in [-0.2, 0) is 6.42 Å². The summed E-state index contributed by atoms with van der Waals surface area (Å²) in [7, 11) is 0. The Hall–Kier alpha value is -1.16. The zero-order valence-corrected chi connectivity index (χ0v) is 16.8. The van der Waals surface area contributed by atoms with Crippen LogP contribution >= 0.6 is 0 Å². The maximum Gasteiger partial charge on any atom is 0.0599 e. The third-order valence-corrected chi connectivity index (χ3v) is 6.01. The molecule has 1 aliphatic rings. The molecule has 0 heterocycles. The normalized spacial score (nSPS) is 26.7. The second kappa shape index (κ2) is 12.3. The number of rotatable bonds is 12. The molecule has 3 heteroatoms. The molecular weight excluding hydrogens is 336 g/mol. The molecule has 0 aliphatic heterocycles. The first-order valence-electron chi connectivity index (χ1n) is 10.8. The minimum absolute atomic E-state index is 0.0895. The Balaban J connectivity index is 1.74. The zero-order valence-electron chi connectivity index (χ0n) is 16.8. The van der Waals surface area contributed by atoms with Crippen molar-refractivity contribution in [3.05, 3.63) is 48.0 Å². The number of aliphatic hydroxyl groups excluding tert-OH is 3. The Labute approximate surface area is 165 Å². The molecule has 3 nitrogen and oxygen atoms in total. The molecule has 1 aromatic carbocycles. The molecule has 0 radical (unpaired) electrons. The molecule has 5 atom stereocenters. The summed E-state index contributed by atoms with van der Waals surface area (Å²) in [6.07, 6.45) is 12.4. The van der Waals surface area contributed by atoms with Crippen LogP contribution in [0.25, 0.3) is 0 Å². The molecule has 3 N–H and O–H groups in total. The van der Waals surface area contributed by atoms with Crippen molar-refractivity contribution in [2.75, 3.05) is 0 Å². The van der Waals surface area contributed by atoms with E-state index in [2.05, 4.69) is 31.2 Å². The largest absolute Gasteiger partial charge is 0.393 e. The van der Waals surface area contributed by atoms with E-state index < -0.39 is 12.2 Å². The van der Waals surface area contributed by atoms with Crippen molar-refractivity contribution in [3.63, 3.8) is 0 Å². The van der Waals surface area contributed by atoms with E-state index in [1.807, 2.05) is 18.2 Å². The molecule has 2 rings (SSSR count). The highest BCUT2D eigenvalue weighted by Crippen LogP contribution is 2.38. The predicted molar refractivity (Wildman–Crippen MR) is 112 cm³/mol. The van der Waals surface area contributed by atoms with Gasteiger partial charge in [-0.1, -0.05) is 62.2 Å². The SMILES string of the molecule is CCCCC/C=C\C[C@@H]1[C@@H](CC[C@@H](O)CCc2ccccc2)[C@H](O)C[C@@H]1O. The molecule has 0 amide bonds. The van der Waals surface area contributed by atoms with Gasteiger partial charge < -0.3 is 15.3 Å². The summed E-state index contributed by atoms with van der Waals surface area (Å²) in [6, 6.07) is 10.2. The van der Waals surface area contributed by atoms with Gasteiger partial charge in [0.15, 0.2) is 0 Å². The highest BCUT2D eigenvalue weighted by Gasteiger charge is 2.40. The maximum absolute atomic E-state index is 10.4. The lowest BCUT2D eigenvalue weighted by molar-refractivity contribution is 0.0857. The van der Waals surface area contributed by atoms with Gasteiger partial charge in [0.1, 0.15) is 0 Å². The number of hydrogen-bond acceptors (Lipinski definition) is 3. The monoisotopic (exact) mass is 374 g/mol. The highest BCUT2D eigenvalue weighted by atomic mass is 16.3. The fourth-order valence-corrected chi connectivity index (χ4v) is 4.30. The molecule has 1 aromatic rings. The summed E-state index contributed by atoms with van der Waals surface area (Å²) in [5.74, 6) is 0.204. The van der Waals surface area contributed by atoms with Gasteiger partial charge in [-0.15, -0.1) is 0 Å². The molecule has 1 saturated carbocycles. The fraction of sp³-hybridized carbons (Fsp3) is 0.667. The van der Waals surface area contributed by atoms with Gasteiger partial charge >= 0.3 is 0 Å². The van der Waals surface area contributed by atoms with Gasteiger partial charge in [0.05, 0.1) is 18.3 Å². The smallest absolute Gasteiger partial charge is 0.0599 e. The lowest BCUT2D eigenvalue weighted by Crippen LogP contribution is -2.23. The number of benzene rings is 1. The van der Waals surface area contributed by atoms with Crippen molar-refractivity contribution in [1.82, 2.24) is 0 Å². The van der Waals surface area contributed by atoms with Crippen molar-refractivity contribution in [2.45, 2.75) is 89.4 Å². The number of aliphatic hydroxyl groups is 3. The third-order valence-electron chi connectivity index (χ3n) is 6.01. The van der Waals surface area contributed by atoms with Gasteiger partial charge in [-0.2, -0.15) is 0 Å². The Morgan fingerprint density at radius 3 is 2.48 bits per heavy atom. The molecule has 0 spiro atoms. The van der Waals surface area contributed by atoms with Crippen LogP contribution in [0.2, 0.25) is 0 Å². The van der Waals surface area contributed by atoms with Gasteiger partial charge in [0.2, 0.25) is 0 Å². The molecule has 27 heavy (non-hydrogen) atoms. The first-order valence-corrected chi connectivity index (χ1v) is 10.8. The second-order valence-corrected chi connectivity index (χ2v) is 8.16. The lowest BCUT2D eigenvalue weighted by Gasteiger charge is -2.23. The lowest BCUT2D eigenvalue weighted by atomic mass is 9.85. The van der Waals surface area contributed by atoms with E-state index in [0.717, 1.165) is 32.1 Å². The van der Waals surface area contributed by atoms with E-state index in [4.69, 9.17) is 0 Å². The summed E-state index contributed by atoms with van der Waals surface area (Å²) in [5.41, 5.74) is 1.25. The van der Waals surface area contributed by atoms with Crippen molar-refractivity contribution < 1.29 is 15.3 Å². The molecule has 0 unspecified atom stereocenters. The van der Waals surface area contributed by atoms with Crippen molar-refractivity contribution in [3.8, 4) is 0 Å². The van der Waals surface area contributed by atoms with Crippen LogP contribution in [0.5, 0.6) is 0 Å². The van der Waals surface area contributed by atoms with Gasteiger partial charge in [0.25, 0.3) is 0 Å². The number of allylic oxidation sites excluding steroid dienone is 2. The summed E-state index contributed by atoms with van der Waals surface area (Å²) in [6.45, 7) is 2.21. The molecular formula is C24H38O3. The first-order chi connectivity index (χ1) is 13.1. The quantitative estimate of drug-likeness (QED) is 0.369. The second-order valence-electron chi connectivity index (χ2n) is 8.16. The van der Waals surface area contributed by atoms with Crippen LogP contribution < -0.4 is 0 Å². The summed E-state index contributed by atoms with van der Waals surface area (Å²) >= 11 is 0. The Morgan fingerprint density at radius 2 is 1.74 bits per heavy atom. The summed E-state index contributed by atoms with van der Waals surface area (Å²) in [5, 5.41) is 31.0. The van der Waals surface area contributed by atoms with Crippen molar-refractivity contribution >= 4 is 0 Å². The standard InChI is InChI=1S/C24H38O3/c1-2-3-4-5-6-10-13-21-22(24(27)18-23(21)26)17-16-20(25)15-14-19-11-8-7-9-12-19/h6-12,20-27H,2-5,13-18H2,1H3/b10-6-/t20-,21+,22+,23-,24+/m0/s1. The van der Waals surface area contributed by atoms with Gasteiger partial charge in [-0.05, 0) is 68.8 Å². The van der Waals surface area contributed by atoms with E-state index in [1.54, 1.807) is 0 Å². The molecule has 0 aromatic heterocycles. The zero-order chi connectivity index (χ0) is 19.5. The van der Waals surface area contributed by atoms with Crippen molar-refractivity contribution in [2.24, 2.45) is 11.8 Å². The van der Waals surface area contributed by atoms with E-state index in [9.17, 15) is 15.3 Å². The van der Waals surface area contributed by atoms with Gasteiger partial charge in [-0.3, -0.25) is 0 Å². The fourth-order valence-electron chi connectivity index (χ4n) is 4.30.